The minimum absolute atomic E-state index is 0.115. The summed E-state index contributed by atoms with van der Waals surface area (Å²) in [6.45, 7) is 4.34. The lowest BCUT2D eigenvalue weighted by molar-refractivity contribution is 0.304. The lowest BCUT2D eigenvalue weighted by Gasteiger charge is -2.39. The van der Waals surface area contributed by atoms with Crippen molar-refractivity contribution >= 4 is 17.4 Å². The maximum absolute atomic E-state index is 13.5. The summed E-state index contributed by atoms with van der Waals surface area (Å²) in [7, 11) is 0. The Morgan fingerprint density at radius 3 is 2.82 bits per heavy atom. The second-order valence-electron chi connectivity index (χ2n) is 5.13. The molecule has 0 aliphatic carbocycles. The summed E-state index contributed by atoms with van der Waals surface area (Å²) in [6, 6.07) is 3.71. The molecule has 17 heavy (non-hydrogen) atoms. The van der Waals surface area contributed by atoms with E-state index < -0.39 is 11.6 Å². The zero-order valence-electron chi connectivity index (χ0n) is 10.1. The van der Waals surface area contributed by atoms with Gasteiger partial charge in [-0.3, -0.25) is 0 Å². The van der Waals surface area contributed by atoms with Crippen LogP contribution in [0.25, 0.3) is 0 Å². The number of hydrogen-bond donors (Lipinski definition) is 1. The molecule has 1 nitrogen and oxygen atoms in total. The molecule has 1 fully saturated rings. The number of hydrogen-bond acceptors (Lipinski definition) is 2. The fourth-order valence-electron chi connectivity index (χ4n) is 1.97. The van der Waals surface area contributed by atoms with Crippen LogP contribution in [0.5, 0.6) is 0 Å². The quantitative estimate of drug-likeness (QED) is 0.862. The normalized spacial score (nSPS) is 23.4. The molecule has 1 heterocycles. The second kappa shape index (κ2) is 4.84. The molecule has 0 saturated carbocycles. The van der Waals surface area contributed by atoms with Gasteiger partial charge in [-0.05, 0) is 35.8 Å². The summed E-state index contributed by atoms with van der Waals surface area (Å²) in [6.07, 6.45) is 1.09. The summed E-state index contributed by atoms with van der Waals surface area (Å²) >= 11 is 1.86. The molecule has 0 spiro atoms. The molecular weight excluding hydrogens is 240 g/mol. The molecule has 1 aromatic rings. The van der Waals surface area contributed by atoms with Gasteiger partial charge in [0.15, 0.2) is 0 Å². The smallest absolute Gasteiger partial charge is 0.146 e. The van der Waals surface area contributed by atoms with Crippen molar-refractivity contribution in [3.63, 3.8) is 0 Å². The molecule has 1 aliphatic rings. The number of nitrogens with one attached hydrogen (secondary N) is 1. The molecule has 1 N–H and O–H groups in total. The van der Waals surface area contributed by atoms with Gasteiger partial charge in [-0.1, -0.05) is 13.8 Å². The van der Waals surface area contributed by atoms with E-state index in [1.54, 1.807) is 0 Å². The Hall–Kier alpha value is -0.770. The highest BCUT2D eigenvalue weighted by molar-refractivity contribution is 7.99. The van der Waals surface area contributed by atoms with E-state index in [9.17, 15) is 8.78 Å². The van der Waals surface area contributed by atoms with Gasteiger partial charge >= 0.3 is 0 Å². The minimum Gasteiger partial charge on any atom is -0.378 e. The predicted molar refractivity (Wildman–Crippen MR) is 69.5 cm³/mol. The summed E-state index contributed by atoms with van der Waals surface area (Å²) in [4.78, 5) is 0. The van der Waals surface area contributed by atoms with E-state index in [4.69, 9.17) is 0 Å². The highest BCUT2D eigenvalue weighted by Crippen LogP contribution is 2.36. The van der Waals surface area contributed by atoms with Crippen LogP contribution in [-0.4, -0.2) is 17.5 Å². The first-order valence-corrected chi connectivity index (χ1v) is 6.94. The monoisotopic (exact) mass is 257 g/mol. The van der Waals surface area contributed by atoms with Gasteiger partial charge in [0.1, 0.15) is 11.6 Å². The maximum Gasteiger partial charge on any atom is 0.146 e. The van der Waals surface area contributed by atoms with Crippen LogP contribution in [0.2, 0.25) is 0 Å². The van der Waals surface area contributed by atoms with Crippen molar-refractivity contribution in [3.05, 3.63) is 29.8 Å². The summed E-state index contributed by atoms with van der Waals surface area (Å²) in [5, 5.41) is 3.14. The highest BCUT2D eigenvalue weighted by Gasteiger charge is 2.32. The van der Waals surface area contributed by atoms with E-state index in [1.807, 2.05) is 11.8 Å². The van der Waals surface area contributed by atoms with E-state index >= 15 is 0 Å². The van der Waals surface area contributed by atoms with Crippen LogP contribution in [0.3, 0.4) is 0 Å². The van der Waals surface area contributed by atoms with E-state index in [2.05, 4.69) is 19.2 Å². The fraction of sp³-hybridized carbons (Fsp3) is 0.538. The number of benzene rings is 1. The van der Waals surface area contributed by atoms with Gasteiger partial charge in [0.05, 0.1) is 5.69 Å². The van der Waals surface area contributed by atoms with Crippen LogP contribution in [0.1, 0.15) is 20.3 Å². The van der Waals surface area contributed by atoms with E-state index in [0.717, 1.165) is 24.0 Å². The number of rotatable bonds is 2. The van der Waals surface area contributed by atoms with Crippen LogP contribution in [0.4, 0.5) is 14.5 Å². The first-order valence-electron chi connectivity index (χ1n) is 5.78. The van der Waals surface area contributed by atoms with Gasteiger partial charge in [-0.25, -0.2) is 8.78 Å². The van der Waals surface area contributed by atoms with Crippen LogP contribution >= 0.6 is 11.8 Å². The van der Waals surface area contributed by atoms with Crippen molar-refractivity contribution in [1.82, 2.24) is 0 Å². The Balaban J connectivity index is 2.16. The van der Waals surface area contributed by atoms with Gasteiger partial charge < -0.3 is 5.32 Å². The van der Waals surface area contributed by atoms with Gasteiger partial charge in [-0.15, -0.1) is 0 Å². The summed E-state index contributed by atoms with van der Waals surface area (Å²) in [5.74, 6) is 1.27. The van der Waals surface area contributed by atoms with Crippen molar-refractivity contribution in [2.24, 2.45) is 5.41 Å². The highest BCUT2D eigenvalue weighted by atomic mass is 32.2. The second-order valence-corrected chi connectivity index (χ2v) is 6.28. The largest absolute Gasteiger partial charge is 0.378 e. The van der Waals surface area contributed by atoms with Crippen LogP contribution in [0.15, 0.2) is 18.2 Å². The molecule has 1 saturated heterocycles. The molecule has 4 heteroatoms. The predicted octanol–water partition coefficient (Wildman–Crippen LogP) is 3.91. The fourth-order valence-corrected chi connectivity index (χ4v) is 3.58. The molecular formula is C13H17F2NS. The Morgan fingerprint density at radius 2 is 2.12 bits per heavy atom. The number of anilines is 1. The zero-order valence-corrected chi connectivity index (χ0v) is 10.9. The number of thioether (sulfide) groups is 1. The minimum atomic E-state index is -0.407. The first-order chi connectivity index (χ1) is 7.99. The molecule has 0 bridgehead atoms. The Morgan fingerprint density at radius 1 is 1.35 bits per heavy atom. The van der Waals surface area contributed by atoms with Crippen molar-refractivity contribution < 1.29 is 8.78 Å². The van der Waals surface area contributed by atoms with Crippen LogP contribution in [0, 0.1) is 17.0 Å². The number of halogens is 2. The lowest BCUT2D eigenvalue weighted by atomic mass is 9.82. The molecule has 1 atom stereocenters. The standard InChI is InChI=1S/C13H17F2NS/c1-13(2)5-6-17-8-12(13)16-11-7-9(14)3-4-10(11)15/h3-4,7,12,16H,5-6,8H2,1-2H3. The van der Waals surface area contributed by atoms with Gasteiger partial charge in [0, 0.05) is 11.8 Å². The van der Waals surface area contributed by atoms with Crippen molar-refractivity contribution in [2.45, 2.75) is 26.3 Å². The molecule has 1 unspecified atom stereocenters. The van der Waals surface area contributed by atoms with Gasteiger partial charge in [0.25, 0.3) is 0 Å². The Bertz CT molecular complexity index is 406. The molecule has 94 valence electrons. The average molecular weight is 257 g/mol. The first kappa shape index (κ1) is 12.7. The molecule has 0 amide bonds. The van der Waals surface area contributed by atoms with E-state index in [0.29, 0.717) is 0 Å². The topological polar surface area (TPSA) is 12.0 Å². The zero-order chi connectivity index (χ0) is 12.5. The third kappa shape index (κ3) is 2.92. The molecule has 1 aliphatic heterocycles. The van der Waals surface area contributed by atoms with Crippen LogP contribution in [-0.2, 0) is 0 Å². The van der Waals surface area contributed by atoms with E-state index in [-0.39, 0.29) is 17.1 Å². The lowest BCUT2D eigenvalue weighted by Crippen LogP contribution is -2.41. The summed E-state index contributed by atoms with van der Waals surface area (Å²) in [5.41, 5.74) is 0.384. The molecule has 1 aromatic carbocycles. The molecule has 0 aromatic heterocycles. The Labute approximate surface area is 105 Å². The van der Waals surface area contributed by atoms with Crippen molar-refractivity contribution in [3.8, 4) is 0 Å². The van der Waals surface area contributed by atoms with Gasteiger partial charge in [0.2, 0.25) is 0 Å². The molecule has 0 radical (unpaired) electrons. The van der Waals surface area contributed by atoms with E-state index in [1.165, 1.54) is 12.1 Å². The molecule has 2 rings (SSSR count). The average Bonchev–Trinajstić information content (AvgIpc) is 2.26. The van der Waals surface area contributed by atoms with Crippen LogP contribution < -0.4 is 5.32 Å². The third-order valence-electron chi connectivity index (χ3n) is 3.38. The summed E-state index contributed by atoms with van der Waals surface area (Å²) < 4.78 is 26.6. The Kier molecular flexibility index (Phi) is 3.61. The van der Waals surface area contributed by atoms with Gasteiger partial charge in [-0.2, -0.15) is 11.8 Å². The third-order valence-corrected chi connectivity index (χ3v) is 4.44. The van der Waals surface area contributed by atoms with Crippen molar-refractivity contribution in [2.75, 3.05) is 16.8 Å². The SMILES string of the molecule is CC1(C)CCSCC1Nc1cc(F)ccc1F. The van der Waals surface area contributed by atoms with Crippen molar-refractivity contribution in [1.29, 1.82) is 0 Å². The maximum atomic E-state index is 13.5.